The Morgan fingerprint density at radius 3 is 2.42 bits per heavy atom. The summed E-state index contributed by atoms with van der Waals surface area (Å²) in [5.41, 5.74) is 0.897. The van der Waals surface area contributed by atoms with Crippen LogP contribution in [0.1, 0.15) is 56.9 Å². The van der Waals surface area contributed by atoms with E-state index in [0.717, 1.165) is 18.4 Å². The topological polar surface area (TPSA) is 9.23 Å². The molecule has 0 radical (unpaired) electrons. The molecule has 0 aliphatic heterocycles. The smallest absolute Gasteiger partial charge is 0.139 e. The van der Waals surface area contributed by atoms with Crippen LogP contribution in [0, 0.1) is 0 Å². The first-order valence-electron chi connectivity index (χ1n) is 6.85. The second-order valence-corrected chi connectivity index (χ2v) is 5.90. The molecule has 19 heavy (non-hydrogen) atoms. The molecule has 0 fully saturated rings. The van der Waals surface area contributed by atoms with Gasteiger partial charge in [-0.1, -0.05) is 55.8 Å². The quantitative estimate of drug-likeness (QED) is 0.385. The molecule has 0 aliphatic carbocycles. The van der Waals surface area contributed by atoms with E-state index in [1.54, 1.807) is 6.07 Å². The molecule has 0 aromatic heterocycles. The molecule has 108 valence electrons. The average molecular weight is 324 g/mol. The van der Waals surface area contributed by atoms with Crippen LogP contribution >= 0.6 is 34.8 Å². The third-order valence-corrected chi connectivity index (χ3v) is 4.08. The van der Waals surface area contributed by atoms with Gasteiger partial charge in [0, 0.05) is 11.1 Å². The molecule has 0 saturated carbocycles. The maximum absolute atomic E-state index is 6.41. The summed E-state index contributed by atoms with van der Waals surface area (Å²) >= 11 is 18.8. The van der Waals surface area contributed by atoms with Gasteiger partial charge in [0.1, 0.15) is 5.75 Å². The predicted molar refractivity (Wildman–Crippen MR) is 85.0 cm³/mol. The molecular formula is C15H21Cl3O. The van der Waals surface area contributed by atoms with Crippen molar-refractivity contribution < 1.29 is 4.74 Å². The van der Waals surface area contributed by atoms with Gasteiger partial charge in [0.25, 0.3) is 0 Å². The molecule has 0 amide bonds. The minimum absolute atomic E-state index is 0.0856. The summed E-state index contributed by atoms with van der Waals surface area (Å²) in [7, 11) is 0. The van der Waals surface area contributed by atoms with E-state index in [2.05, 4.69) is 6.92 Å². The normalized spacial score (nSPS) is 12.5. The number of rotatable bonds is 8. The molecule has 0 N–H and O–H groups in total. The number of hydrogen-bond acceptors (Lipinski definition) is 1. The lowest BCUT2D eigenvalue weighted by Crippen LogP contribution is -1.97. The van der Waals surface area contributed by atoms with Crippen LogP contribution in [-0.2, 0) is 0 Å². The van der Waals surface area contributed by atoms with Gasteiger partial charge in [-0.3, -0.25) is 0 Å². The third-order valence-electron chi connectivity index (χ3n) is 3.00. The first-order chi connectivity index (χ1) is 9.10. The zero-order chi connectivity index (χ0) is 14.3. The van der Waals surface area contributed by atoms with Crippen molar-refractivity contribution >= 4 is 34.8 Å². The van der Waals surface area contributed by atoms with Crippen LogP contribution in [-0.4, -0.2) is 6.61 Å². The van der Waals surface area contributed by atoms with Crippen molar-refractivity contribution in [2.24, 2.45) is 0 Å². The number of ether oxygens (including phenoxy) is 1. The minimum Gasteiger partial charge on any atom is -0.492 e. The summed E-state index contributed by atoms with van der Waals surface area (Å²) in [6.45, 7) is 4.67. The van der Waals surface area contributed by atoms with Crippen molar-refractivity contribution in [2.45, 2.75) is 51.3 Å². The highest BCUT2D eigenvalue weighted by Gasteiger charge is 2.15. The molecule has 4 heteroatoms. The van der Waals surface area contributed by atoms with Gasteiger partial charge in [-0.2, -0.15) is 0 Å². The van der Waals surface area contributed by atoms with Crippen LogP contribution in [0.2, 0.25) is 10.0 Å². The SMILES string of the molecule is CCCCCCC(Cl)c1cc(Cl)c(OCC)cc1Cl. The molecule has 1 aromatic rings. The summed E-state index contributed by atoms with van der Waals surface area (Å²) in [5.74, 6) is 0.618. The van der Waals surface area contributed by atoms with Crippen molar-refractivity contribution in [1.29, 1.82) is 0 Å². The third kappa shape index (κ3) is 5.41. The highest BCUT2D eigenvalue weighted by Crippen LogP contribution is 2.38. The largest absolute Gasteiger partial charge is 0.492 e. The first kappa shape index (κ1) is 16.9. The number of hydrogen-bond donors (Lipinski definition) is 0. The van der Waals surface area contributed by atoms with Crippen molar-refractivity contribution in [3.05, 3.63) is 27.7 Å². The predicted octanol–water partition coefficient (Wildman–Crippen LogP) is 6.64. The Hall–Kier alpha value is -0.110. The lowest BCUT2D eigenvalue weighted by molar-refractivity contribution is 0.340. The molecule has 1 aromatic carbocycles. The van der Waals surface area contributed by atoms with Gasteiger partial charge >= 0.3 is 0 Å². The Balaban J connectivity index is 2.69. The number of unbranched alkanes of at least 4 members (excludes halogenated alkanes) is 3. The number of benzene rings is 1. The summed E-state index contributed by atoms with van der Waals surface area (Å²) in [6.07, 6.45) is 5.72. The van der Waals surface area contributed by atoms with E-state index in [9.17, 15) is 0 Å². The summed E-state index contributed by atoms with van der Waals surface area (Å²) < 4.78 is 5.41. The number of halogens is 3. The summed E-state index contributed by atoms with van der Waals surface area (Å²) in [6, 6.07) is 3.58. The van der Waals surface area contributed by atoms with E-state index >= 15 is 0 Å². The van der Waals surface area contributed by atoms with E-state index in [0.29, 0.717) is 22.4 Å². The average Bonchev–Trinajstić information content (AvgIpc) is 2.38. The Morgan fingerprint density at radius 2 is 1.79 bits per heavy atom. The Morgan fingerprint density at radius 1 is 1.05 bits per heavy atom. The van der Waals surface area contributed by atoms with E-state index in [1.165, 1.54) is 19.3 Å². The van der Waals surface area contributed by atoms with Gasteiger partial charge < -0.3 is 4.74 Å². The van der Waals surface area contributed by atoms with E-state index in [1.807, 2.05) is 13.0 Å². The van der Waals surface area contributed by atoms with Gasteiger partial charge in [-0.05, 0) is 25.0 Å². The lowest BCUT2D eigenvalue weighted by Gasteiger charge is -2.14. The standard InChI is InChI=1S/C15H21Cl3O/c1-3-5-6-7-8-12(16)11-9-14(18)15(19-4-2)10-13(11)17/h9-10,12H,3-8H2,1-2H3. The van der Waals surface area contributed by atoms with Crippen LogP contribution in [0.25, 0.3) is 0 Å². The maximum Gasteiger partial charge on any atom is 0.139 e. The van der Waals surface area contributed by atoms with E-state index in [-0.39, 0.29) is 5.38 Å². The zero-order valence-electron chi connectivity index (χ0n) is 11.5. The van der Waals surface area contributed by atoms with Crippen LogP contribution in [0.3, 0.4) is 0 Å². The maximum atomic E-state index is 6.41. The minimum atomic E-state index is -0.0856. The monoisotopic (exact) mass is 322 g/mol. The van der Waals surface area contributed by atoms with Gasteiger partial charge in [0.2, 0.25) is 0 Å². The van der Waals surface area contributed by atoms with Crippen molar-refractivity contribution in [3.63, 3.8) is 0 Å². The van der Waals surface area contributed by atoms with E-state index < -0.39 is 0 Å². The zero-order valence-corrected chi connectivity index (χ0v) is 13.8. The molecule has 0 spiro atoms. The summed E-state index contributed by atoms with van der Waals surface area (Å²) in [5, 5.41) is 1.11. The molecule has 1 nitrogen and oxygen atoms in total. The van der Waals surface area contributed by atoms with Crippen molar-refractivity contribution in [3.8, 4) is 5.75 Å². The van der Waals surface area contributed by atoms with Gasteiger partial charge in [-0.15, -0.1) is 11.6 Å². The fraction of sp³-hybridized carbons (Fsp3) is 0.600. The van der Waals surface area contributed by atoms with Crippen molar-refractivity contribution in [2.75, 3.05) is 6.61 Å². The van der Waals surface area contributed by atoms with Crippen molar-refractivity contribution in [1.82, 2.24) is 0 Å². The Kier molecular flexibility index (Phi) is 7.97. The Labute approximate surface area is 131 Å². The molecule has 0 bridgehead atoms. The van der Waals surface area contributed by atoms with E-state index in [4.69, 9.17) is 39.5 Å². The highest BCUT2D eigenvalue weighted by atomic mass is 35.5. The van der Waals surface area contributed by atoms with Crippen LogP contribution in [0.15, 0.2) is 12.1 Å². The molecule has 0 heterocycles. The van der Waals surface area contributed by atoms with Crippen LogP contribution < -0.4 is 4.74 Å². The highest BCUT2D eigenvalue weighted by molar-refractivity contribution is 6.35. The molecule has 0 saturated heterocycles. The van der Waals surface area contributed by atoms with Gasteiger partial charge in [0.15, 0.2) is 0 Å². The number of alkyl halides is 1. The first-order valence-corrected chi connectivity index (χ1v) is 8.05. The molecule has 0 aliphatic rings. The fourth-order valence-corrected chi connectivity index (χ4v) is 2.86. The molecule has 1 unspecified atom stereocenters. The van der Waals surface area contributed by atoms with Gasteiger partial charge in [-0.25, -0.2) is 0 Å². The second-order valence-electron chi connectivity index (χ2n) is 4.55. The Bertz CT molecular complexity index is 393. The van der Waals surface area contributed by atoms with Crippen LogP contribution in [0.4, 0.5) is 0 Å². The van der Waals surface area contributed by atoms with Gasteiger partial charge in [0.05, 0.1) is 17.0 Å². The lowest BCUT2D eigenvalue weighted by atomic mass is 10.0. The summed E-state index contributed by atoms with van der Waals surface area (Å²) in [4.78, 5) is 0. The molecule has 1 atom stereocenters. The van der Waals surface area contributed by atoms with Crippen LogP contribution in [0.5, 0.6) is 5.75 Å². The molecule has 1 rings (SSSR count). The second kappa shape index (κ2) is 8.94. The fourth-order valence-electron chi connectivity index (χ4n) is 1.96. The molecular weight excluding hydrogens is 303 g/mol.